The van der Waals surface area contributed by atoms with Crippen molar-refractivity contribution in [1.29, 1.82) is 0 Å². The minimum Gasteiger partial charge on any atom is -0.340 e. The molecule has 0 amide bonds. The quantitative estimate of drug-likeness (QED) is 0.362. The second kappa shape index (κ2) is 6.08. The normalized spacial score (nSPS) is 10.4. The second-order valence-electron chi connectivity index (χ2n) is 3.65. The Morgan fingerprint density at radius 3 is 2.72 bits per heavy atom. The number of rotatable bonds is 3. The van der Waals surface area contributed by atoms with Gasteiger partial charge in [0, 0.05) is 15.3 Å². The van der Waals surface area contributed by atoms with Crippen molar-refractivity contribution in [2.75, 3.05) is 11.6 Å². The molecule has 0 spiro atoms. The van der Waals surface area contributed by atoms with Crippen LogP contribution < -0.4 is 5.32 Å². The largest absolute Gasteiger partial charge is 0.340 e. The molecule has 0 saturated heterocycles. The van der Waals surface area contributed by atoms with Crippen molar-refractivity contribution < 1.29 is 0 Å². The number of halogens is 2. The summed E-state index contributed by atoms with van der Waals surface area (Å²) in [6.45, 7) is 2.08. The highest BCUT2D eigenvalue weighted by Gasteiger charge is 2.04. The van der Waals surface area contributed by atoms with Gasteiger partial charge in [0.1, 0.15) is 11.0 Å². The minimum atomic E-state index is 0.443. The van der Waals surface area contributed by atoms with Crippen LogP contribution in [0.4, 0.5) is 11.5 Å². The highest BCUT2D eigenvalue weighted by molar-refractivity contribution is 14.1. The molecule has 1 aromatic heterocycles. The molecule has 0 radical (unpaired) electrons. The van der Waals surface area contributed by atoms with Crippen LogP contribution in [0.1, 0.15) is 5.56 Å². The van der Waals surface area contributed by atoms with Crippen molar-refractivity contribution in [3.05, 3.63) is 38.6 Å². The van der Waals surface area contributed by atoms with Gasteiger partial charge in [0.05, 0.1) is 0 Å². The van der Waals surface area contributed by atoms with E-state index in [9.17, 15) is 0 Å². The summed E-state index contributed by atoms with van der Waals surface area (Å²) in [7, 11) is 0. The van der Waals surface area contributed by atoms with Crippen molar-refractivity contribution in [3.8, 4) is 0 Å². The van der Waals surface area contributed by atoms with Gasteiger partial charge >= 0.3 is 0 Å². The highest BCUT2D eigenvalue weighted by atomic mass is 127. The van der Waals surface area contributed by atoms with Crippen LogP contribution in [-0.4, -0.2) is 16.2 Å². The van der Waals surface area contributed by atoms with Gasteiger partial charge in [-0.15, -0.1) is 0 Å². The molecule has 0 unspecified atom stereocenters. The van der Waals surface area contributed by atoms with Crippen LogP contribution in [0.15, 0.2) is 29.4 Å². The highest BCUT2D eigenvalue weighted by Crippen LogP contribution is 2.23. The number of nitrogens with one attached hydrogen (secondary N) is 1. The third-order valence-electron chi connectivity index (χ3n) is 2.30. The maximum atomic E-state index is 5.95. The van der Waals surface area contributed by atoms with Crippen LogP contribution in [-0.2, 0) is 0 Å². The predicted molar refractivity (Wildman–Crippen MR) is 86.0 cm³/mol. The minimum absolute atomic E-state index is 0.443. The summed E-state index contributed by atoms with van der Waals surface area (Å²) in [5, 5.41) is 4.34. The number of aryl methyl sites for hydroxylation is 1. The first-order valence-electron chi connectivity index (χ1n) is 5.20. The molecule has 0 saturated carbocycles. The van der Waals surface area contributed by atoms with Crippen molar-refractivity contribution >= 4 is 57.5 Å². The van der Waals surface area contributed by atoms with E-state index in [0.717, 1.165) is 5.69 Å². The van der Waals surface area contributed by atoms with E-state index in [1.54, 1.807) is 6.07 Å². The van der Waals surface area contributed by atoms with Crippen LogP contribution in [0.25, 0.3) is 0 Å². The number of hydrogen-bond donors (Lipinski definition) is 1. The average Bonchev–Trinajstić information content (AvgIpc) is 2.33. The van der Waals surface area contributed by atoms with Crippen molar-refractivity contribution in [2.24, 2.45) is 0 Å². The third-order valence-corrected chi connectivity index (χ3v) is 4.20. The molecule has 0 aliphatic carbocycles. The lowest BCUT2D eigenvalue weighted by molar-refractivity contribution is 0.976. The molecule has 3 nitrogen and oxygen atoms in total. The zero-order valence-electron chi connectivity index (χ0n) is 9.87. The van der Waals surface area contributed by atoms with Crippen LogP contribution in [0.5, 0.6) is 0 Å². The second-order valence-corrected chi connectivity index (χ2v) is 5.97. The number of aromatic nitrogens is 2. The number of anilines is 2. The molecule has 0 aliphatic rings. The average molecular weight is 392 g/mol. The molecule has 6 heteroatoms. The lowest BCUT2D eigenvalue weighted by Gasteiger charge is -2.08. The monoisotopic (exact) mass is 391 g/mol. The zero-order valence-corrected chi connectivity index (χ0v) is 13.6. The van der Waals surface area contributed by atoms with Crippen LogP contribution >= 0.6 is 46.0 Å². The number of benzene rings is 1. The fourth-order valence-electron chi connectivity index (χ4n) is 1.37. The molecule has 0 fully saturated rings. The van der Waals surface area contributed by atoms with Gasteiger partial charge in [-0.2, -0.15) is 0 Å². The van der Waals surface area contributed by atoms with E-state index in [2.05, 4.69) is 56.9 Å². The molecule has 94 valence electrons. The van der Waals surface area contributed by atoms with Gasteiger partial charge in [0.2, 0.25) is 0 Å². The van der Waals surface area contributed by atoms with E-state index in [-0.39, 0.29) is 0 Å². The fraction of sp³-hybridized carbons (Fsp3) is 0.167. The van der Waals surface area contributed by atoms with E-state index in [1.165, 1.54) is 20.9 Å². The summed E-state index contributed by atoms with van der Waals surface area (Å²) < 4.78 is 1.21. The Hall–Kier alpha value is -0.530. The maximum Gasteiger partial charge on any atom is 0.190 e. The lowest BCUT2D eigenvalue weighted by Crippen LogP contribution is -1.97. The van der Waals surface area contributed by atoms with Crippen molar-refractivity contribution in [2.45, 2.75) is 12.1 Å². The molecule has 0 aliphatic heterocycles. The predicted octanol–water partition coefficient (Wildman–Crippen LogP) is 4.51. The van der Waals surface area contributed by atoms with E-state index >= 15 is 0 Å². The van der Waals surface area contributed by atoms with Gasteiger partial charge in [-0.25, -0.2) is 9.97 Å². The molecule has 18 heavy (non-hydrogen) atoms. The summed E-state index contributed by atoms with van der Waals surface area (Å²) in [5.74, 6) is 0.707. The smallest absolute Gasteiger partial charge is 0.190 e. The topological polar surface area (TPSA) is 37.8 Å². The zero-order chi connectivity index (χ0) is 13.1. The van der Waals surface area contributed by atoms with E-state index in [4.69, 9.17) is 11.6 Å². The number of hydrogen-bond acceptors (Lipinski definition) is 4. The van der Waals surface area contributed by atoms with Crippen LogP contribution in [0.2, 0.25) is 5.15 Å². The molecular formula is C12H11ClIN3S. The van der Waals surface area contributed by atoms with Gasteiger partial charge < -0.3 is 5.32 Å². The molecule has 2 rings (SSSR count). The van der Waals surface area contributed by atoms with E-state index in [0.29, 0.717) is 16.1 Å². The maximum absolute atomic E-state index is 5.95. The third kappa shape index (κ3) is 3.49. The molecule has 1 N–H and O–H groups in total. The van der Waals surface area contributed by atoms with Crippen LogP contribution in [0, 0.1) is 10.5 Å². The van der Waals surface area contributed by atoms with Gasteiger partial charge in [0.15, 0.2) is 5.16 Å². The lowest BCUT2D eigenvalue weighted by atomic mass is 10.2. The first-order chi connectivity index (χ1) is 8.58. The van der Waals surface area contributed by atoms with E-state index < -0.39 is 0 Å². The Kier molecular flexibility index (Phi) is 4.69. The first kappa shape index (κ1) is 13.9. The Morgan fingerprint density at radius 2 is 2.06 bits per heavy atom. The standard InChI is InChI=1S/C12H11ClIN3S/c1-7-3-4-8(5-9(7)14)15-11-6-10(13)16-12(17-11)18-2/h3-6H,1-2H3,(H,15,16,17). The Bertz CT molecular complexity index is 577. The SMILES string of the molecule is CSc1nc(Cl)cc(Nc2ccc(C)c(I)c2)n1. The van der Waals surface area contributed by atoms with Crippen LogP contribution in [0.3, 0.4) is 0 Å². The Labute approximate surface area is 129 Å². The Balaban J connectivity index is 2.27. The summed E-state index contributed by atoms with van der Waals surface area (Å²) in [6, 6.07) is 7.88. The summed E-state index contributed by atoms with van der Waals surface area (Å²) >= 11 is 9.72. The van der Waals surface area contributed by atoms with Gasteiger partial charge in [0.25, 0.3) is 0 Å². The van der Waals surface area contributed by atoms with Gasteiger partial charge in [-0.05, 0) is 53.5 Å². The number of thioether (sulfide) groups is 1. The fourth-order valence-corrected chi connectivity index (χ4v) is 2.50. The molecular weight excluding hydrogens is 381 g/mol. The molecule has 1 heterocycles. The summed E-state index contributed by atoms with van der Waals surface area (Å²) in [6.07, 6.45) is 1.92. The van der Waals surface area contributed by atoms with Gasteiger partial charge in [-0.3, -0.25) is 0 Å². The summed E-state index contributed by atoms with van der Waals surface area (Å²) in [5.41, 5.74) is 2.25. The Morgan fingerprint density at radius 1 is 1.28 bits per heavy atom. The molecule has 0 atom stereocenters. The molecule has 1 aromatic carbocycles. The molecule has 2 aromatic rings. The molecule has 0 bridgehead atoms. The van der Waals surface area contributed by atoms with E-state index in [1.807, 2.05) is 12.3 Å². The van der Waals surface area contributed by atoms with Gasteiger partial charge in [-0.1, -0.05) is 29.4 Å². The van der Waals surface area contributed by atoms with Crippen molar-refractivity contribution in [3.63, 3.8) is 0 Å². The van der Waals surface area contributed by atoms with Crippen molar-refractivity contribution in [1.82, 2.24) is 9.97 Å². The summed E-state index contributed by atoms with van der Waals surface area (Å²) in [4.78, 5) is 8.45. The first-order valence-corrected chi connectivity index (χ1v) is 7.88. The number of nitrogens with zero attached hydrogens (tertiary/aromatic N) is 2.